The van der Waals surface area contributed by atoms with Crippen LogP contribution in [0.25, 0.3) is 0 Å². The van der Waals surface area contributed by atoms with Gasteiger partial charge in [-0.1, -0.05) is 11.6 Å². The molecule has 2 atom stereocenters. The van der Waals surface area contributed by atoms with Crippen LogP contribution in [0.3, 0.4) is 0 Å². The summed E-state index contributed by atoms with van der Waals surface area (Å²) in [6.45, 7) is 3.99. The zero-order valence-electron chi connectivity index (χ0n) is 16.7. The SMILES string of the molecule is O=C(N[C@H]1CN2CCC1CC2)c1ccc2c(c1)O[C@H](COc1ccc(Cl)cc1)CO2. The highest BCUT2D eigenvalue weighted by Gasteiger charge is 2.35. The first-order chi connectivity index (χ1) is 14.6. The molecule has 6 rings (SSSR count). The fraction of sp³-hybridized carbons (Fsp3) is 0.435. The summed E-state index contributed by atoms with van der Waals surface area (Å²) in [6, 6.07) is 12.8. The molecule has 4 heterocycles. The van der Waals surface area contributed by atoms with Crippen molar-refractivity contribution in [3.63, 3.8) is 0 Å². The Kier molecular flexibility index (Phi) is 5.44. The number of hydrogen-bond acceptors (Lipinski definition) is 5. The molecule has 0 aromatic heterocycles. The number of rotatable bonds is 5. The molecule has 0 radical (unpaired) electrons. The van der Waals surface area contributed by atoms with Crippen LogP contribution in [0.4, 0.5) is 0 Å². The van der Waals surface area contributed by atoms with E-state index in [1.807, 2.05) is 12.1 Å². The van der Waals surface area contributed by atoms with Crippen molar-refractivity contribution >= 4 is 17.5 Å². The number of hydrogen-bond donors (Lipinski definition) is 1. The van der Waals surface area contributed by atoms with E-state index in [9.17, 15) is 4.79 Å². The zero-order valence-corrected chi connectivity index (χ0v) is 17.4. The molecular formula is C23H25ClN2O4. The molecular weight excluding hydrogens is 404 g/mol. The summed E-state index contributed by atoms with van der Waals surface area (Å²) < 4.78 is 17.6. The van der Waals surface area contributed by atoms with Crippen LogP contribution in [0.2, 0.25) is 5.02 Å². The monoisotopic (exact) mass is 428 g/mol. The van der Waals surface area contributed by atoms with Gasteiger partial charge in [-0.15, -0.1) is 0 Å². The minimum Gasteiger partial charge on any atom is -0.490 e. The highest BCUT2D eigenvalue weighted by molar-refractivity contribution is 6.30. The molecule has 0 aliphatic carbocycles. The minimum absolute atomic E-state index is 0.0558. The number of benzene rings is 2. The average molecular weight is 429 g/mol. The van der Waals surface area contributed by atoms with E-state index >= 15 is 0 Å². The van der Waals surface area contributed by atoms with Gasteiger partial charge in [0.1, 0.15) is 19.0 Å². The first kappa shape index (κ1) is 19.5. The van der Waals surface area contributed by atoms with Gasteiger partial charge in [-0.25, -0.2) is 0 Å². The highest BCUT2D eigenvalue weighted by Crippen LogP contribution is 2.33. The molecule has 3 saturated heterocycles. The van der Waals surface area contributed by atoms with Crippen molar-refractivity contribution in [2.75, 3.05) is 32.8 Å². The van der Waals surface area contributed by atoms with Crippen LogP contribution in [0.15, 0.2) is 42.5 Å². The summed E-state index contributed by atoms with van der Waals surface area (Å²) in [5.74, 6) is 2.48. The molecule has 7 heteroatoms. The van der Waals surface area contributed by atoms with Crippen molar-refractivity contribution < 1.29 is 19.0 Å². The van der Waals surface area contributed by atoms with Crippen molar-refractivity contribution in [3.8, 4) is 17.2 Å². The molecule has 3 fully saturated rings. The second-order valence-electron chi connectivity index (χ2n) is 8.20. The molecule has 30 heavy (non-hydrogen) atoms. The summed E-state index contributed by atoms with van der Waals surface area (Å²) >= 11 is 5.90. The predicted molar refractivity (Wildman–Crippen MR) is 114 cm³/mol. The summed E-state index contributed by atoms with van der Waals surface area (Å²) in [7, 11) is 0. The Morgan fingerprint density at radius 3 is 2.67 bits per heavy atom. The lowest BCUT2D eigenvalue weighted by Crippen LogP contribution is -2.57. The summed E-state index contributed by atoms with van der Waals surface area (Å²) in [5, 5.41) is 3.89. The van der Waals surface area contributed by atoms with E-state index in [0.717, 1.165) is 25.4 Å². The average Bonchev–Trinajstić information content (AvgIpc) is 2.79. The van der Waals surface area contributed by atoms with Crippen LogP contribution in [0.1, 0.15) is 23.2 Å². The Morgan fingerprint density at radius 2 is 1.93 bits per heavy atom. The van der Waals surface area contributed by atoms with Gasteiger partial charge < -0.3 is 24.4 Å². The van der Waals surface area contributed by atoms with Crippen LogP contribution in [-0.4, -0.2) is 55.8 Å². The molecule has 0 saturated carbocycles. The molecule has 2 bridgehead atoms. The Labute approximate surface area is 181 Å². The normalized spacial score (nSPS) is 26.8. The standard InChI is InChI=1S/C23H25ClN2O4/c24-17-2-4-18(5-3-17)28-13-19-14-29-21-6-1-16(11-22(21)30-19)23(27)25-20-12-26-9-7-15(20)8-10-26/h1-6,11,15,19-20H,7-10,12-14H2,(H,25,27)/t19-,20+/m1/s1. The van der Waals surface area contributed by atoms with Crippen molar-refractivity contribution in [3.05, 3.63) is 53.1 Å². The van der Waals surface area contributed by atoms with Gasteiger partial charge in [0.2, 0.25) is 0 Å². The number of nitrogens with one attached hydrogen (secondary N) is 1. The third-order valence-corrected chi connectivity index (χ3v) is 6.40. The quantitative estimate of drug-likeness (QED) is 0.791. The number of nitrogens with zero attached hydrogens (tertiary/aromatic N) is 1. The lowest BCUT2D eigenvalue weighted by molar-refractivity contribution is 0.0530. The van der Waals surface area contributed by atoms with Gasteiger partial charge in [0.05, 0.1) is 0 Å². The maximum atomic E-state index is 12.8. The van der Waals surface area contributed by atoms with E-state index in [0.29, 0.717) is 41.2 Å². The van der Waals surface area contributed by atoms with Crippen LogP contribution < -0.4 is 19.5 Å². The largest absolute Gasteiger partial charge is 0.490 e. The molecule has 1 N–H and O–H groups in total. The lowest BCUT2D eigenvalue weighted by atomic mass is 9.84. The zero-order chi connectivity index (χ0) is 20.5. The molecule has 0 unspecified atom stereocenters. The number of halogens is 1. The topological polar surface area (TPSA) is 60.0 Å². The second-order valence-corrected chi connectivity index (χ2v) is 8.63. The lowest BCUT2D eigenvalue weighted by Gasteiger charge is -2.44. The van der Waals surface area contributed by atoms with Crippen molar-refractivity contribution in [2.45, 2.75) is 25.0 Å². The van der Waals surface area contributed by atoms with E-state index in [1.54, 1.807) is 30.3 Å². The van der Waals surface area contributed by atoms with Crippen molar-refractivity contribution in [1.29, 1.82) is 0 Å². The number of carbonyl (C=O) groups is 1. The van der Waals surface area contributed by atoms with E-state index in [4.69, 9.17) is 25.8 Å². The molecule has 6 nitrogen and oxygen atoms in total. The maximum Gasteiger partial charge on any atom is 0.251 e. The summed E-state index contributed by atoms with van der Waals surface area (Å²) in [5.41, 5.74) is 0.591. The molecule has 1 amide bonds. The van der Waals surface area contributed by atoms with Crippen molar-refractivity contribution in [1.82, 2.24) is 10.2 Å². The van der Waals surface area contributed by atoms with Crippen molar-refractivity contribution in [2.24, 2.45) is 5.92 Å². The van der Waals surface area contributed by atoms with Gasteiger partial charge in [-0.05, 0) is 74.3 Å². The van der Waals surface area contributed by atoms with E-state index in [1.165, 1.54) is 12.8 Å². The summed E-state index contributed by atoms with van der Waals surface area (Å²) in [4.78, 5) is 15.3. The summed E-state index contributed by atoms with van der Waals surface area (Å²) in [6.07, 6.45) is 2.08. The molecule has 2 aromatic rings. The second kappa shape index (κ2) is 8.36. The van der Waals surface area contributed by atoms with Gasteiger partial charge in [-0.2, -0.15) is 0 Å². The molecule has 158 valence electrons. The molecule has 4 aliphatic heterocycles. The maximum absolute atomic E-state index is 12.8. The van der Waals surface area contributed by atoms with Crippen LogP contribution in [0.5, 0.6) is 17.2 Å². The van der Waals surface area contributed by atoms with Crippen LogP contribution in [0, 0.1) is 5.92 Å². The molecule has 4 aliphatic rings. The number of carbonyl (C=O) groups excluding carboxylic acids is 1. The smallest absolute Gasteiger partial charge is 0.251 e. The van der Waals surface area contributed by atoms with Gasteiger partial charge in [0, 0.05) is 23.2 Å². The minimum atomic E-state index is -0.256. The number of ether oxygens (including phenoxy) is 3. The number of fused-ring (bicyclic) bond motifs is 4. The number of amides is 1. The Hall–Kier alpha value is -2.44. The van der Waals surface area contributed by atoms with E-state index < -0.39 is 0 Å². The first-order valence-electron chi connectivity index (χ1n) is 10.5. The van der Waals surface area contributed by atoms with Crippen LogP contribution >= 0.6 is 11.6 Å². The highest BCUT2D eigenvalue weighted by atomic mass is 35.5. The van der Waals surface area contributed by atoms with Gasteiger partial charge >= 0.3 is 0 Å². The Bertz CT molecular complexity index is 912. The molecule has 2 aromatic carbocycles. The number of piperidine rings is 3. The fourth-order valence-electron chi connectivity index (χ4n) is 4.44. The first-order valence-corrected chi connectivity index (χ1v) is 10.9. The Balaban J connectivity index is 1.21. The fourth-order valence-corrected chi connectivity index (χ4v) is 4.57. The molecule has 0 spiro atoms. The van der Waals surface area contributed by atoms with Crippen LogP contribution in [-0.2, 0) is 0 Å². The van der Waals surface area contributed by atoms with Gasteiger partial charge in [-0.3, -0.25) is 4.79 Å². The third kappa shape index (κ3) is 4.20. The van der Waals surface area contributed by atoms with Gasteiger partial charge in [0.15, 0.2) is 17.6 Å². The predicted octanol–water partition coefficient (Wildman–Crippen LogP) is 3.38. The third-order valence-electron chi connectivity index (χ3n) is 6.15. The van der Waals surface area contributed by atoms with E-state index in [2.05, 4.69) is 10.2 Å². The van der Waals surface area contributed by atoms with Gasteiger partial charge in [0.25, 0.3) is 5.91 Å². The Morgan fingerprint density at radius 1 is 1.13 bits per heavy atom. The van der Waals surface area contributed by atoms with E-state index in [-0.39, 0.29) is 18.1 Å².